The molecule has 4 nitrogen and oxygen atoms in total. The van der Waals surface area contributed by atoms with Gasteiger partial charge in [-0.2, -0.15) is 0 Å². The second kappa shape index (κ2) is 10.1. The number of amides is 2. The first-order valence-corrected chi connectivity index (χ1v) is 13.8. The molecule has 0 unspecified atom stereocenters. The second-order valence-corrected chi connectivity index (χ2v) is 10.9. The number of hydrogen-bond donors (Lipinski definition) is 0. The third-order valence-electron chi connectivity index (χ3n) is 7.79. The highest BCUT2D eigenvalue weighted by atomic mass is 16.2. The highest BCUT2D eigenvalue weighted by Gasteiger charge is 2.52. The van der Waals surface area contributed by atoms with Gasteiger partial charge in [0.05, 0.1) is 6.04 Å². The summed E-state index contributed by atoms with van der Waals surface area (Å²) in [6.07, 6.45) is 1.94. The summed E-state index contributed by atoms with van der Waals surface area (Å²) in [4.78, 5) is 32.1. The molecule has 0 N–H and O–H groups in total. The van der Waals surface area contributed by atoms with E-state index >= 15 is 0 Å². The minimum absolute atomic E-state index is 0.180. The van der Waals surface area contributed by atoms with Crippen molar-refractivity contribution in [3.8, 4) is 0 Å². The van der Waals surface area contributed by atoms with Gasteiger partial charge in [0.15, 0.2) is 0 Å². The maximum atomic E-state index is 14.4. The van der Waals surface area contributed by atoms with Crippen LogP contribution in [0.5, 0.6) is 0 Å². The van der Waals surface area contributed by atoms with E-state index in [0.29, 0.717) is 22.9 Å². The summed E-state index contributed by atoms with van der Waals surface area (Å²) >= 11 is 0. The first-order chi connectivity index (χ1) is 19.3. The van der Waals surface area contributed by atoms with Crippen molar-refractivity contribution in [2.45, 2.75) is 39.7 Å². The molecule has 4 aromatic carbocycles. The largest absolute Gasteiger partial charge is 0.295 e. The van der Waals surface area contributed by atoms with Gasteiger partial charge in [-0.05, 0) is 66.8 Å². The van der Waals surface area contributed by atoms with Gasteiger partial charge < -0.3 is 0 Å². The molecule has 0 fully saturated rings. The normalized spacial score (nSPS) is 17.9. The van der Waals surface area contributed by atoms with Gasteiger partial charge in [-0.15, -0.1) is 0 Å². The molecule has 0 saturated carbocycles. The third-order valence-corrected chi connectivity index (χ3v) is 7.79. The lowest BCUT2D eigenvalue weighted by Gasteiger charge is -2.30. The van der Waals surface area contributed by atoms with Crippen molar-refractivity contribution in [3.05, 3.63) is 148 Å². The van der Waals surface area contributed by atoms with Crippen molar-refractivity contribution in [2.24, 2.45) is 0 Å². The average molecular weight is 525 g/mol. The summed E-state index contributed by atoms with van der Waals surface area (Å²) in [6.45, 7) is 8.38. The first-order valence-electron chi connectivity index (χ1n) is 13.8. The zero-order valence-electron chi connectivity index (χ0n) is 23.3. The second-order valence-electron chi connectivity index (χ2n) is 10.9. The number of benzene rings is 4. The highest BCUT2D eigenvalue weighted by molar-refractivity contribution is 6.29. The molecule has 6 rings (SSSR count). The summed E-state index contributed by atoms with van der Waals surface area (Å²) in [5.74, 6) is 0.0546. The van der Waals surface area contributed by atoms with Gasteiger partial charge in [0, 0.05) is 22.5 Å². The van der Waals surface area contributed by atoms with E-state index in [9.17, 15) is 9.59 Å². The first kappa shape index (κ1) is 25.6. The van der Waals surface area contributed by atoms with Crippen LogP contribution in [0.1, 0.15) is 53.6 Å². The zero-order valence-corrected chi connectivity index (χ0v) is 23.3. The van der Waals surface area contributed by atoms with Gasteiger partial charge >= 0.3 is 0 Å². The summed E-state index contributed by atoms with van der Waals surface area (Å²) in [6, 6.07) is 33.7. The molecule has 0 spiro atoms. The molecule has 4 heteroatoms. The molecule has 2 aliphatic rings. The molecule has 2 amide bonds. The SMILES string of the molecule is Cc1ccc(N2C(=O)/C(=C/c3ccc(C(C)C)cc3)C3=C2C(=O)N(c2ccc(C)cc2)[C@H]3c2ccccc2)cc1. The Kier molecular flexibility index (Phi) is 6.47. The number of nitrogens with zero attached hydrogens (tertiary/aromatic N) is 2. The molecule has 0 aliphatic carbocycles. The Balaban J connectivity index is 1.58. The van der Waals surface area contributed by atoms with Crippen LogP contribution < -0.4 is 9.80 Å². The van der Waals surface area contributed by atoms with E-state index < -0.39 is 6.04 Å². The number of aryl methyl sites for hydroxylation is 2. The number of anilines is 2. The fourth-order valence-corrected chi connectivity index (χ4v) is 5.58. The lowest BCUT2D eigenvalue weighted by Crippen LogP contribution is -2.38. The van der Waals surface area contributed by atoms with Gasteiger partial charge in [0.25, 0.3) is 11.8 Å². The number of carbonyl (C=O) groups excluding carboxylic acids is 2. The van der Waals surface area contributed by atoms with Crippen LogP contribution in [-0.2, 0) is 9.59 Å². The molecular formula is C36H32N2O2. The fourth-order valence-electron chi connectivity index (χ4n) is 5.58. The highest BCUT2D eigenvalue weighted by Crippen LogP contribution is 2.50. The van der Waals surface area contributed by atoms with Crippen molar-refractivity contribution in [2.75, 3.05) is 9.80 Å². The van der Waals surface area contributed by atoms with Crippen molar-refractivity contribution < 1.29 is 9.59 Å². The minimum atomic E-state index is -0.438. The van der Waals surface area contributed by atoms with E-state index in [-0.39, 0.29) is 11.8 Å². The molecule has 2 aliphatic heterocycles. The topological polar surface area (TPSA) is 40.6 Å². The van der Waals surface area contributed by atoms with Crippen molar-refractivity contribution >= 4 is 29.3 Å². The molecule has 0 radical (unpaired) electrons. The van der Waals surface area contributed by atoms with Gasteiger partial charge in [0.1, 0.15) is 5.70 Å². The van der Waals surface area contributed by atoms with Crippen molar-refractivity contribution in [1.82, 2.24) is 0 Å². The molecule has 4 aromatic rings. The Morgan fingerprint density at radius 3 is 1.82 bits per heavy atom. The van der Waals surface area contributed by atoms with E-state index in [2.05, 4.69) is 38.1 Å². The van der Waals surface area contributed by atoms with E-state index in [0.717, 1.165) is 33.5 Å². The van der Waals surface area contributed by atoms with Crippen LogP contribution in [0.4, 0.5) is 11.4 Å². The van der Waals surface area contributed by atoms with Crippen molar-refractivity contribution in [3.63, 3.8) is 0 Å². The van der Waals surface area contributed by atoms with E-state index in [4.69, 9.17) is 0 Å². The lowest BCUT2D eigenvalue weighted by atomic mass is 9.92. The summed E-state index contributed by atoms with van der Waals surface area (Å²) in [7, 11) is 0. The Morgan fingerprint density at radius 2 is 1.25 bits per heavy atom. The molecular weight excluding hydrogens is 492 g/mol. The number of hydrogen-bond acceptors (Lipinski definition) is 2. The monoisotopic (exact) mass is 524 g/mol. The molecule has 198 valence electrons. The summed E-state index contributed by atoms with van der Waals surface area (Å²) in [5.41, 5.74) is 8.54. The van der Waals surface area contributed by atoms with Crippen LogP contribution in [0.15, 0.2) is 120 Å². The fraction of sp³-hybridized carbons (Fsp3) is 0.167. The van der Waals surface area contributed by atoms with Crippen LogP contribution in [0.2, 0.25) is 0 Å². The zero-order chi connectivity index (χ0) is 28.0. The van der Waals surface area contributed by atoms with E-state index in [1.54, 1.807) is 4.90 Å². The van der Waals surface area contributed by atoms with Crippen LogP contribution >= 0.6 is 0 Å². The third kappa shape index (κ3) is 4.36. The van der Waals surface area contributed by atoms with Crippen LogP contribution in [-0.4, -0.2) is 11.8 Å². The number of rotatable bonds is 5. The minimum Gasteiger partial charge on any atom is -0.295 e. The van der Waals surface area contributed by atoms with Crippen molar-refractivity contribution in [1.29, 1.82) is 0 Å². The summed E-state index contributed by atoms with van der Waals surface area (Å²) in [5, 5.41) is 0. The van der Waals surface area contributed by atoms with E-state index in [1.807, 2.05) is 104 Å². The molecule has 40 heavy (non-hydrogen) atoms. The van der Waals surface area contributed by atoms with Crippen LogP contribution in [0.3, 0.4) is 0 Å². The predicted molar refractivity (Wildman–Crippen MR) is 162 cm³/mol. The predicted octanol–water partition coefficient (Wildman–Crippen LogP) is 7.90. The molecule has 1 atom stereocenters. The maximum absolute atomic E-state index is 14.4. The Bertz CT molecular complexity index is 1650. The summed E-state index contributed by atoms with van der Waals surface area (Å²) < 4.78 is 0. The Hall–Kier alpha value is -4.70. The standard InChI is InChI=1S/C36H32N2O2/c1-23(2)27-16-14-26(15-17-27)22-31-32-33(28-8-6-5-7-9-28)37(29-18-10-24(3)11-19-29)36(40)34(32)38(35(31)39)30-20-12-25(4)13-21-30/h5-23,33H,1-4H3/b31-22+/t33-/m0/s1. The quantitative estimate of drug-likeness (QED) is 0.249. The number of carbonyl (C=O) groups is 2. The lowest BCUT2D eigenvalue weighted by molar-refractivity contribution is -0.118. The molecule has 2 heterocycles. The Morgan fingerprint density at radius 1 is 0.675 bits per heavy atom. The van der Waals surface area contributed by atoms with Crippen LogP contribution in [0.25, 0.3) is 6.08 Å². The van der Waals surface area contributed by atoms with E-state index in [1.165, 1.54) is 5.56 Å². The van der Waals surface area contributed by atoms with Crippen LogP contribution in [0, 0.1) is 13.8 Å². The van der Waals surface area contributed by atoms with Gasteiger partial charge in [-0.3, -0.25) is 19.4 Å². The maximum Gasteiger partial charge on any atom is 0.276 e. The molecule has 0 saturated heterocycles. The molecule has 0 aromatic heterocycles. The average Bonchev–Trinajstić information content (AvgIpc) is 3.41. The Labute approximate surface area is 235 Å². The van der Waals surface area contributed by atoms with Gasteiger partial charge in [-0.25, -0.2) is 0 Å². The molecule has 0 bridgehead atoms. The van der Waals surface area contributed by atoms with Gasteiger partial charge in [0.2, 0.25) is 0 Å². The van der Waals surface area contributed by atoms with Gasteiger partial charge in [-0.1, -0.05) is 104 Å². The smallest absolute Gasteiger partial charge is 0.276 e.